The Morgan fingerprint density at radius 1 is 0.909 bits per heavy atom. The first-order chi connectivity index (χ1) is 10.7. The minimum absolute atomic E-state index is 0.0811. The van der Waals surface area contributed by atoms with Crippen molar-refractivity contribution >= 4 is 22.8 Å². The molecule has 0 heterocycles. The number of carbonyl (C=O) groups is 2. The lowest BCUT2D eigenvalue weighted by Crippen LogP contribution is -2.23. The van der Waals surface area contributed by atoms with Crippen LogP contribution in [0.2, 0.25) is 0 Å². The lowest BCUT2D eigenvalue weighted by atomic mass is 10.2. The second-order valence-electron chi connectivity index (χ2n) is 5.07. The van der Waals surface area contributed by atoms with Crippen molar-refractivity contribution in [3.05, 3.63) is 0 Å². The first kappa shape index (κ1) is 21.4. The minimum atomic E-state index is 0.0811. The van der Waals surface area contributed by atoms with E-state index >= 15 is 0 Å². The smallest absolute Gasteiger partial charge is 0.219 e. The highest BCUT2D eigenvalue weighted by Gasteiger charge is 1.98. The Hall–Kier alpha value is -0.590. The maximum absolute atomic E-state index is 11.0. The van der Waals surface area contributed by atoms with Gasteiger partial charge in [-0.3, -0.25) is 9.59 Å². The second kappa shape index (κ2) is 16.8. The van der Waals surface area contributed by atoms with Gasteiger partial charge in [0.15, 0.2) is 0 Å². The van der Waals surface area contributed by atoms with Crippen LogP contribution in [-0.2, 0) is 19.1 Å². The van der Waals surface area contributed by atoms with E-state index in [1.54, 1.807) is 6.26 Å². The van der Waals surface area contributed by atoms with Crippen molar-refractivity contribution in [3.8, 4) is 0 Å². The number of thioether (sulfide) groups is 1. The van der Waals surface area contributed by atoms with Gasteiger partial charge in [-0.05, 0) is 44.8 Å². The summed E-state index contributed by atoms with van der Waals surface area (Å²) >= 11 is 1.21. The Balaban J connectivity index is 3.05. The van der Waals surface area contributed by atoms with Crippen LogP contribution in [0.4, 0.5) is 0 Å². The Bertz CT molecular complexity index is 259. The Labute approximate surface area is 138 Å². The Morgan fingerprint density at radius 2 is 1.50 bits per heavy atom. The van der Waals surface area contributed by atoms with Crippen molar-refractivity contribution in [1.82, 2.24) is 5.32 Å². The molecule has 0 aliphatic rings. The molecule has 0 bridgehead atoms. The fourth-order valence-corrected chi connectivity index (χ4v) is 1.96. The first-order valence-electron chi connectivity index (χ1n) is 8.19. The maximum Gasteiger partial charge on any atom is 0.219 e. The molecule has 0 radical (unpaired) electrons. The molecular weight excluding hydrogens is 302 g/mol. The van der Waals surface area contributed by atoms with Crippen molar-refractivity contribution in [2.75, 3.05) is 39.2 Å². The van der Waals surface area contributed by atoms with E-state index in [0.29, 0.717) is 13.0 Å². The van der Waals surface area contributed by atoms with Crippen molar-refractivity contribution in [2.45, 2.75) is 51.9 Å². The molecule has 0 saturated carbocycles. The molecule has 0 aliphatic heterocycles. The van der Waals surface area contributed by atoms with E-state index in [1.807, 2.05) is 6.92 Å². The van der Waals surface area contributed by atoms with Crippen LogP contribution in [0.25, 0.3) is 0 Å². The van der Waals surface area contributed by atoms with Crippen LogP contribution in [0.3, 0.4) is 0 Å². The quantitative estimate of drug-likeness (QED) is 0.467. The average molecular weight is 333 g/mol. The van der Waals surface area contributed by atoms with E-state index in [2.05, 4.69) is 5.32 Å². The van der Waals surface area contributed by atoms with Crippen LogP contribution >= 0.6 is 11.8 Å². The summed E-state index contributed by atoms with van der Waals surface area (Å²) in [6.45, 7) is 5.08. The summed E-state index contributed by atoms with van der Waals surface area (Å²) in [6, 6.07) is 0. The largest absolute Gasteiger partial charge is 0.381 e. The summed E-state index contributed by atoms with van der Waals surface area (Å²) in [4.78, 5) is 22.0. The average Bonchev–Trinajstić information content (AvgIpc) is 2.54. The molecule has 0 spiro atoms. The molecule has 0 aromatic rings. The maximum atomic E-state index is 11.0. The molecule has 0 aliphatic carbocycles. The number of unbranched alkanes of at least 4 members (excludes halogenated alkanes) is 4. The van der Waals surface area contributed by atoms with E-state index < -0.39 is 0 Å². The van der Waals surface area contributed by atoms with Crippen molar-refractivity contribution in [1.29, 1.82) is 0 Å². The highest BCUT2D eigenvalue weighted by molar-refractivity contribution is 8.13. The first-order valence-corrected chi connectivity index (χ1v) is 9.42. The van der Waals surface area contributed by atoms with E-state index in [-0.39, 0.29) is 17.6 Å². The Morgan fingerprint density at radius 3 is 2.09 bits per heavy atom. The zero-order chi connectivity index (χ0) is 16.5. The number of rotatable bonds is 15. The zero-order valence-corrected chi connectivity index (χ0v) is 14.8. The normalized spacial score (nSPS) is 10.6. The van der Waals surface area contributed by atoms with E-state index in [9.17, 15) is 9.59 Å². The van der Waals surface area contributed by atoms with Gasteiger partial charge in [-0.25, -0.2) is 0 Å². The number of hydrogen-bond acceptors (Lipinski definition) is 5. The van der Waals surface area contributed by atoms with Gasteiger partial charge in [0.05, 0.1) is 0 Å². The molecule has 1 amide bonds. The standard InChI is InChI=1S/C16H31NO4S/c1-3-15(18)17-10-6-4-7-11-20-12-8-5-9-13-21-14-16(19)22-2/h3-14H2,1-2H3,(H,17,18). The summed E-state index contributed by atoms with van der Waals surface area (Å²) in [7, 11) is 0. The fourth-order valence-electron chi connectivity index (χ4n) is 1.76. The third-order valence-electron chi connectivity index (χ3n) is 3.13. The fraction of sp³-hybridized carbons (Fsp3) is 0.875. The summed E-state index contributed by atoms with van der Waals surface area (Å²) in [5.74, 6) is 0.123. The van der Waals surface area contributed by atoms with Gasteiger partial charge < -0.3 is 14.8 Å². The summed E-state index contributed by atoms with van der Waals surface area (Å²) in [5, 5.41) is 2.95. The number of hydrogen-bond donors (Lipinski definition) is 1. The molecule has 0 unspecified atom stereocenters. The van der Waals surface area contributed by atoms with Crippen LogP contribution in [0, 0.1) is 0 Å². The topological polar surface area (TPSA) is 64.6 Å². The lowest BCUT2D eigenvalue weighted by molar-refractivity contribution is -0.120. The van der Waals surface area contributed by atoms with Gasteiger partial charge in [-0.15, -0.1) is 0 Å². The third kappa shape index (κ3) is 15.8. The predicted molar refractivity (Wildman–Crippen MR) is 91.2 cm³/mol. The molecule has 1 N–H and O–H groups in total. The van der Waals surface area contributed by atoms with Crippen LogP contribution in [0.1, 0.15) is 51.9 Å². The summed E-state index contributed by atoms with van der Waals surface area (Å²) < 4.78 is 10.8. The summed E-state index contributed by atoms with van der Waals surface area (Å²) in [6.07, 6.45) is 8.54. The summed E-state index contributed by atoms with van der Waals surface area (Å²) in [5.41, 5.74) is 0. The molecule has 0 aromatic heterocycles. The molecule has 0 aromatic carbocycles. The molecular formula is C16H31NO4S. The van der Waals surface area contributed by atoms with Gasteiger partial charge >= 0.3 is 0 Å². The Kier molecular flexibility index (Phi) is 16.3. The molecule has 0 atom stereocenters. The van der Waals surface area contributed by atoms with Crippen molar-refractivity contribution < 1.29 is 19.1 Å². The minimum Gasteiger partial charge on any atom is -0.381 e. The van der Waals surface area contributed by atoms with Gasteiger partial charge in [0, 0.05) is 32.8 Å². The molecule has 22 heavy (non-hydrogen) atoms. The molecule has 6 heteroatoms. The number of carbonyl (C=O) groups excluding carboxylic acids is 2. The highest BCUT2D eigenvalue weighted by Crippen LogP contribution is 2.00. The van der Waals surface area contributed by atoms with Gasteiger partial charge in [0.25, 0.3) is 0 Å². The highest BCUT2D eigenvalue weighted by atomic mass is 32.2. The van der Waals surface area contributed by atoms with Crippen molar-refractivity contribution in [2.24, 2.45) is 0 Å². The van der Waals surface area contributed by atoms with Crippen molar-refractivity contribution in [3.63, 3.8) is 0 Å². The SMILES string of the molecule is CCC(=O)NCCCCCOCCCCCOCC(=O)SC. The molecule has 0 saturated heterocycles. The zero-order valence-electron chi connectivity index (χ0n) is 14.0. The second-order valence-corrected chi connectivity index (χ2v) is 5.93. The van der Waals surface area contributed by atoms with Crippen LogP contribution in [0.5, 0.6) is 0 Å². The van der Waals surface area contributed by atoms with Gasteiger partial charge in [0.1, 0.15) is 6.61 Å². The van der Waals surface area contributed by atoms with Crippen LogP contribution < -0.4 is 5.32 Å². The predicted octanol–water partition coefficient (Wildman–Crippen LogP) is 2.78. The van der Waals surface area contributed by atoms with E-state index in [1.165, 1.54) is 11.8 Å². The number of nitrogens with one attached hydrogen (secondary N) is 1. The molecule has 0 fully saturated rings. The van der Waals surface area contributed by atoms with E-state index in [4.69, 9.17) is 9.47 Å². The number of ether oxygens (including phenoxy) is 2. The molecule has 130 valence electrons. The molecule has 5 nitrogen and oxygen atoms in total. The molecule has 0 rings (SSSR count). The van der Waals surface area contributed by atoms with Crippen LogP contribution in [0.15, 0.2) is 0 Å². The van der Waals surface area contributed by atoms with Gasteiger partial charge in [0.2, 0.25) is 11.0 Å². The van der Waals surface area contributed by atoms with Crippen LogP contribution in [-0.4, -0.2) is 50.3 Å². The third-order valence-corrected chi connectivity index (χ3v) is 3.71. The van der Waals surface area contributed by atoms with Gasteiger partial charge in [-0.1, -0.05) is 18.7 Å². The number of amides is 1. The van der Waals surface area contributed by atoms with Gasteiger partial charge in [-0.2, -0.15) is 0 Å². The lowest BCUT2D eigenvalue weighted by Gasteiger charge is -2.06. The monoisotopic (exact) mass is 333 g/mol. The van der Waals surface area contributed by atoms with E-state index in [0.717, 1.165) is 58.3 Å².